The maximum Gasteiger partial charge on any atom is 0.256 e. The minimum absolute atomic E-state index is 0.128. The van der Waals surface area contributed by atoms with Crippen molar-refractivity contribution in [2.45, 2.75) is 52.0 Å². The maximum absolute atomic E-state index is 13.4. The Bertz CT molecular complexity index is 1560. The van der Waals surface area contributed by atoms with E-state index >= 15 is 0 Å². The smallest absolute Gasteiger partial charge is 0.256 e. The van der Waals surface area contributed by atoms with E-state index in [1.807, 2.05) is 22.8 Å². The molecule has 6 nitrogen and oxygen atoms in total. The zero-order valence-electron chi connectivity index (χ0n) is 22.1. The van der Waals surface area contributed by atoms with Gasteiger partial charge in [0.1, 0.15) is 16.5 Å². The van der Waals surface area contributed by atoms with Crippen LogP contribution in [0.3, 0.4) is 0 Å². The van der Waals surface area contributed by atoms with E-state index in [2.05, 4.69) is 55.2 Å². The number of rotatable bonds is 5. The summed E-state index contributed by atoms with van der Waals surface area (Å²) in [5.41, 5.74) is 5.55. The fourth-order valence-electron chi connectivity index (χ4n) is 6.00. The molecule has 0 unspecified atom stereocenters. The molecule has 3 aromatic rings. The Morgan fingerprint density at radius 3 is 2.39 bits per heavy atom. The van der Waals surface area contributed by atoms with Crippen LogP contribution in [-0.2, 0) is 9.59 Å². The number of aryl methyl sites for hydroxylation is 2. The molecule has 1 aromatic heterocycles. The van der Waals surface area contributed by atoms with Gasteiger partial charge in [-0.05, 0) is 73.9 Å². The summed E-state index contributed by atoms with van der Waals surface area (Å²) < 4.78 is 0. The van der Waals surface area contributed by atoms with Crippen molar-refractivity contribution in [2.75, 3.05) is 19.6 Å². The van der Waals surface area contributed by atoms with Crippen LogP contribution in [-0.4, -0.2) is 57.6 Å². The van der Waals surface area contributed by atoms with Gasteiger partial charge in [-0.25, -0.2) is 4.98 Å². The monoisotopic (exact) mass is 526 g/mol. The van der Waals surface area contributed by atoms with Crippen LogP contribution in [0.5, 0.6) is 0 Å². The van der Waals surface area contributed by atoms with Gasteiger partial charge < -0.3 is 4.90 Å². The first-order valence-electron chi connectivity index (χ1n) is 13.6. The predicted molar refractivity (Wildman–Crippen MR) is 149 cm³/mol. The van der Waals surface area contributed by atoms with Crippen LogP contribution >= 0.6 is 11.6 Å². The van der Waals surface area contributed by atoms with Gasteiger partial charge in [-0.15, -0.1) is 0 Å². The minimum atomic E-state index is -0.553. The lowest BCUT2D eigenvalue weighted by Gasteiger charge is -2.42. The molecule has 1 spiro atoms. The molecule has 3 fully saturated rings. The van der Waals surface area contributed by atoms with Crippen LogP contribution in [0.15, 0.2) is 47.5 Å². The zero-order valence-corrected chi connectivity index (χ0v) is 22.8. The molecular weight excluding hydrogens is 496 g/mol. The second kappa shape index (κ2) is 8.12. The number of aliphatic imine (C=N–C) groups is 1. The fraction of sp³-hybridized carbons (Fsp3) is 0.419. The molecule has 38 heavy (non-hydrogen) atoms. The lowest BCUT2D eigenvalue weighted by molar-refractivity contribution is -0.143. The Balaban J connectivity index is 1.14. The summed E-state index contributed by atoms with van der Waals surface area (Å²) in [6.45, 7) is 8.28. The van der Waals surface area contributed by atoms with E-state index in [0.717, 1.165) is 83.3 Å². The molecule has 0 bridgehead atoms. The van der Waals surface area contributed by atoms with Crippen molar-refractivity contribution in [1.29, 1.82) is 0 Å². The van der Waals surface area contributed by atoms with Gasteiger partial charge in [-0.3, -0.25) is 19.5 Å². The number of nitrogens with zero attached hydrogens (tertiary/aromatic N) is 4. The van der Waals surface area contributed by atoms with E-state index in [4.69, 9.17) is 16.6 Å². The SMILES string of the molecule is Cc1cc(-c2ccc3c(C)cc(Cl)nc3c2)ccc1C1=NC2(CC2)C(=O)N1CC1CN(C(=O)C2(C)CC2)C1. The van der Waals surface area contributed by atoms with E-state index in [1.54, 1.807) is 0 Å². The molecule has 2 amide bonds. The van der Waals surface area contributed by atoms with E-state index < -0.39 is 5.54 Å². The first kappa shape index (κ1) is 23.8. The number of amidine groups is 1. The summed E-state index contributed by atoms with van der Waals surface area (Å²) in [7, 11) is 0. The third-order valence-electron chi connectivity index (χ3n) is 8.93. The van der Waals surface area contributed by atoms with Crippen molar-refractivity contribution in [1.82, 2.24) is 14.8 Å². The number of pyridine rings is 1. The highest BCUT2D eigenvalue weighted by atomic mass is 35.5. The van der Waals surface area contributed by atoms with Crippen LogP contribution in [0.1, 0.15) is 49.3 Å². The molecule has 2 saturated carbocycles. The Kier molecular flexibility index (Phi) is 5.10. The molecule has 2 aliphatic carbocycles. The zero-order chi connectivity index (χ0) is 26.4. The summed E-state index contributed by atoms with van der Waals surface area (Å²) in [5, 5.41) is 1.59. The number of hydrogen-bond acceptors (Lipinski definition) is 4. The Morgan fingerprint density at radius 1 is 1.00 bits per heavy atom. The third-order valence-corrected chi connectivity index (χ3v) is 9.12. The molecule has 2 aromatic carbocycles. The molecule has 0 N–H and O–H groups in total. The van der Waals surface area contributed by atoms with Crippen LogP contribution in [0.2, 0.25) is 5.15 Å². The molecule has 4 aliphatic rings. The molecule has 7 heteroatoms. The highest BCUT2D eigenvalue weighted by molar-refractivity contribution is 6.30. The number of fused-ring (bicyclic) bond motifs is 1. The minimum Gasteiger partial charge on any atom is -0.341 e. The summed E-state index contributed by atoms with van der Waals surface area (Å²) in [5.74, 6) is 1.49. The summed E-state index contributed by atoms with van der Waals surface area (Å²) >= 11 is 6.22. The lowest BCUT2D eigenvalue weighted by atomic mass is 9.95. The molecule has 0 radical (unpaired) electrons. The predicted octanol–water partition coefficient (Wildman–Crippen LogP) is 5.55. The van der Waals surface area contributed by atoms with Crippen molar-refractivity contribution in [3.63, 3.8) is 0 Å². The van der Waals surface area contributed by atoms with Crippen molar-refractivity contribution >= 4 is 40.2 Å². The van der Waals surface area contributed by atoms with E-state index in [0.29, 0.717) is 17.6 Å². The molecule has 3 heterocycles. The van der Waals surface area contributed by atoms with Gasteiger partial charge in [0.05, 0.1) is 5.52 Å². The number of likely N-dealkylation sites (tertiary alicyclic amines) is 1. The van der Waals surface area contributed by atoms with Gasteiger partial charge in [0, 0.05) is 41.9 Å². The maximum atomic E-state index is 13.4. The first-order chi connectivity index (χ1) is 18.2. The van der Waals surface area contributed by atoms with Crippen molar-refractivity contribution in [3.05, 3.63) is 64.3 Å². The summed E-state index contributed by atoms with van der Waals surface area (Å²) in [4.78, 5) is 39.5. The number of benzene rings is 2. The average Bonchev–Trinajstić information content (AvgIpc) is 3.78. The first-order valence-corrected chi connectivity index (χ1v) is 13.9. The average molecular weight is 527 g/mol. The van der Waals surface area contributed by atoms with Crippen molar-refractivity contribution in [3.8, 4) is 11.1 Å². The van der Waals surface area contributed by atoms with Gasteiger partial charge in [0.25, 0.3) is 5.91 Å². The molecule has 2 aliphatic heterocycles. The van der Waals surface area contributed by atoms with Gasteiger partial charge >= 0.3 is 0 Å². The van der Waals surface area contributed by atoms with E-state index in [1.165, 1.54) is 0 Å². The number of aromatic nitrogens is 1. The van der Waals surface area contributed by atoms with Crippen LogP contribution in [0.25, 0.3) is 22.0 Å². The topological polar surface area (TPSA) is 65.9 Å². The molecule has 1 saturated heterocycles. The van der Waals surface area contributed by atoms with Gasteiger partial charge in [0.15, 0.2) is 0 Å². The lowest BCUT2D eigenvalue weighted by Crippen LogP contribution is -2.56. The highest BCUT2D eigenvalue weighted by Gasteiger charge is 2.58. The molecular formula is C31H31ClN4O2. The van der Waals surface area contributed by atoms with Gasteiger partial charge in [-0.1, -0.05) is 48.9 Å². The van der Waals surface area contributed by atoms with Crippen molar-refractivity contribution in [2.24, 2.45) is 16.3 Å². The Hall–Kier alpha value is -3.25. The quantitative estimate of drug-likeness (QED) is 0.409. The van der Waals surface area contributed by atoms with Gasteiger partial charge in [-0.2, -0.15) is 0 Å². The van der Waals surface area contributed by atoms with Crippen LogP contribution in [0, 0.1) is 25.2 Å². The van der Waals surface area contributed by atoms with Crippen LogP contribution in [0.4, 0.5) is 0 Å². The number of amides is 2. The number of carbonyl (C=O) groups is 2. The Labute approximate surface area is 227 Å². The van der Waals surface area contributed by atoms with E-state index in [9.17, 15) is 9.59 Å². The standard InChI is InChI=1S/C31H31ClN4O2/c1-18-12-21(22-4-6-23-19(2)13-26(32)33-25(23)14-22)5-7-24(18)27-34-31(10-11-31)29(38)36(27)17-20-15-35(16-20)28(37)30(3)8-9-30/h4-7,12-14,20H,8-11,15-17H2,1-3H3. The summed E-state index contributed by atoms with van der Waals surface area (Å²) in [6, 6.07) is 14.5. The highest BCUT2D eigenvalue weighted by Crippen LogP contribution is 2.48. The largest absolute Gasteiger partial charge is 0.341 e. The molecule has 194 valence electrons. The Morgan fingerprint density at radius 2 is 1.71 bits per heavy atom. The number of hydrogen-bond donors (Lipinski definition) is 0. The fourth-order valence-corrected chi connectivity index (χ4v) is 6.26. The van der Waals surface area contributed by atoms with E-state index in [-0.39, 0.29) is 17.2 Å². The van der Waals surface area contributed by atoms with Crippen molar-refractivity contribution < 1.29 is 9.59 Å². The normalized spacial score (nSPS) is 21.2. The number of halogens is 1. The third kappa shape index (κ3) is 3.76. The second-order valence-corrected chi connectivity index (χ2v) is 12.4. The molecule has 0 atom stereocenters. The van der Waals surface area contributed by atoms with Crippen LogP contribution < -0.4 is 0 Å². The number of carbonyl (C=O) groups excluding carboxylic acids is 2. The van der Waals surface area contributed by atoms with Gasteiger partial charge in [0.2, 0.25) is 5.91 Å². The molecule has 7 rings (SSSR count). The summed E-state index contributed by atoms with van der Waals surface area (Å²) in [6.07, 6.45) is 3.63. The second-order valence-electron chi connectivity index (χ2n) is 12.0.